The number of hydrogen-bond donors (Lipinski definition) is 1. The van der Waals surface area contributed by atoms with Crippen molar-refractivity contribution in [1.29, 1.82) is 0 Å². The van der Waals surface area contributed by atoms with E-state index in [-0.39, 0.29) is 62.4 Å². The number of nitrogens with one attached hydrogen (secondary N) is 1. The molecule has 4 rings (SSSR count). The van der Waals surface area contributed by atoms with E-state index in [1.807, 2.05) is 0 Å². The van der Waals surface area contributed by atoms with Crippen molar-refractivity contribution in [2.45, 2.75) is 18.6 Å². The minimum atomic E-state index is -4.75. The van der Waals surface area contributed by atoms with Crippen LogP contribution in [0.4, 0.5) is 18.9 Å². The van der Waals surface area contributed by atoms with Crippen molar-refractivity contribution >= 4 is 29.1 Å². The fourth-order valence-corrected chi connectivity index (χ4v) is 4.10. The predicted molar refractivity (Wildman–Crippen MR) is 124 cm³/mol. The van der Waals surface area contributed by atoms with Crippen LogP contribution >= 0.6 is 11.6 Å². The van der Waals surface area contributed by atoms with E-state index >= 15 is 0 Å². The number of alkyl halides is 3. The minimum Gasteiger partial charge on any atom is -0.523 e. The quantitative estimate of drug-likeness (QED) is 0.387. The van der Waals surface area contributed by atoms with Crippen molar-refractivity contribution in [2.24, 2.45) is 7.05 Å². The summed E-state index contributed by atoms with van der Waals surface area (Å²) in [7, 11) is 3.13. The molecule has 0 saturated carbocycles. The normalized spacial score (nSPS) is 14.7. The topological polar surface area (TPSA) is 76.5 Å². The number of nitrogens with zero attached hydrogens (tertiary/aromatic N) is 3. The molecule has 12 heteroatoms. The number of aryl methyl sites for hydroxylation is 1. The van der Waals surface area contributed by atoms with Gasteiger partial charge in [0.25, 0.3) is 5.91 Å². The van der Waals surface area contributed by atoms with E-state index in [9.17, 15) is 22.8 Å². The molecule has 0 spiro atoms. The second-order valence-electron chi connectivity index (χ2n) is 7.64. The molecule has 7 nitrogen and oxygen atoms in total. The molecular weight excluding hydrogens is 723 g/mol. The number of ether oxygens (including phenoxy) is 1. The van der Waals surface area contributed by atoms with E-state index in [1.54, 1.807) is 19.2 Å². The number of aromatic nitrogens is 2. The van der Waals surface area contributed by atoms with Gasteiger partial charge < -0.3 is 22.4 Å². The van der Waals surface area contributed by atoms with Crippen LogP contribution in [0.3, 0.4) is 0 Å². The van der Waals surface area contributed by atoms with Gasteiger partial charge in [0.15, 0.2) is 0 Å². The van der Waals surface area contributed by atoms with E-state index in [0.717, 1.165) is 12.1 Å². The molecule has 1 unspecified atom stereocenters. The molecule has 0 aliphatic carbocycles. The first kappa shape index (κ1) is 29.8. The Kier molecular flexibility index (Phi) is 9.68. The molecule has 2 heterocycles. The maximum absolute atomic E-state index is 13.5. The molecule has 1 aliphatic rings. The number of fused-ring (bicyclic) bond motifs is 1. The Bertz CT molecular complexity index is 1250. The number of carbonyl (C=O) groups is 2. The largest absolute Gasteiger partial charge is 2.00 e. The molecule has 1 atom stereocenters. The molecule has 36 heavy (non-hydrogen) atoms. The number of methoxy groups -OCH3 is 1. The number of benzene rings is 2. The fourth-order valence-electron chi connectivity index (χ4n) is 3.93. The summed E-state index contributed by atoms with van der Waals surface area (Å²) in [6.07, 6.45) is -2.98. The van der Waals surface area contributed by atoms with Gasteiger partial charge in [0.05, 0.1) is 41.9 Å². The summed E-state index contributed by atoms with van der Waals surface area (Å²) in [4.78, 5) is 27.5. The zero-order chi connectivity index (χ0) is 24.6. The molecule has 0 saturated heterocycles. The van der Waals surface area contributed by atoms with Gasteiger partial charge in [-0.1, -0.05) is 17.2 Å². The van der Waals surface area contributed by atoms with E-state index in [1.165, 1.54) is 35.0 Å². The molecule has 1 aliphatic heterocycles. The van der Waals surface area contributed by atoms with Crippen molar-refractivity contribution < 1.29 is 58.6 Å². The number of rotatable bonds is 4. The van der Waals surface area contributed by atoms with E-state index in [2.05, 4.69) is 16.5 Å². The molecule has 2 amide bonds. The Morgan fingerprint density at radius 2 is 1.97 bits per heavy atom. The van der Waals surface area contributed by atoms with Crippen LogP contribution in [-0.2, 0) is 13.2 Å². The van der Waals surface area contributed by atoms with Crippen molar-refractivity contribution in [3.05, 3.63) is 83.5 Å². The SMILES string of the molecule is COc1[c-]cc(C(=O)N2CCC(NC(=O)c3ccc(Cl)cc3C(F)(F)F)c3c2cnn3C)cc1.[CH3-].[U+2]. The summed E-state index contributed by atoms with van der Waals surface area (Å²) in [5.41, 5.74) is -0.298. The fraction of sp³-hybridized carbons (Fsp3) is 0.250. The zero-order valence-corrected chi connectivity index (χ0v) is 24.5. The number of halogens is 4. The van der Waals surface area contributed by atoms with Gasteiger partial charge in [-0.05, 0) is 24.6 Å². The van der Waals surface area contributed by atoms with Gasteiger partial charge in [-0.15, -0.1) is 12.1 Å². The van der Waals surface area contributed by atoms with E-state index in [0.29, 0.717) is 22.7 Å². The predicted octanol–water partition coefficient (Wildman–Crippen LogP) is 4.87. The molecule has 1 N–H and O–H groups in total. The van der Waals surface area contributed by atoms with Crippen LogP contribution in [0.15, 0.2) is 42.6 Å². The summed E-state index contributed by atoms with van der Waals surface area (Å²) < 4.78 is 46.9. The molecule has 2 aromatic carbocycles. The van der Waals surface area contributed by atoms with Gasteiger partial charge in [0.2, 0.25) is 5.91 Å². The monoisotopic (exact) mass is 744 g/mol. The molecule has 0 fully saturated rings. The average Bonchev–Trinajstić information content (AvgIpc) is 3.20. The minimum absolute atomic E-state index is 0. The van der Waals surface area contributed by atoms with Crippen molar-refractivity contribution in [3.63, 3.8) is 0 Å². The number of anilines is 1. The maximum Gasteiger partial charge on any atom is 2.00 e. The number of carbonyl (C=O) groups excluding carboxylic acids is 2. The van der Waals surface area contributed by atoms with Crippen LogP contribution in [0.5, 0.6) is 5.75 Å². The Morgan fingerprint density at radius 1 is 1.25 bits per heavy atom. The second-order valence-corrected chi connectivity index (χ2v) is 8.08. The van der Waals surface area contributed by atoms with Gasteiger partial charge in [-0.2, -0.15) is 30.4 Å². The Hall–Kier alpha value is -2.48. The third-order valence-corrected chi connectivity index (χ3v) is 5.79. The summed E-state index contributed by atoms with van der Waals surface area (Å²) >= 11 is 5.72. The average molecular weight is 745 g/mol. The molecule has 3 aromatic rings. The Labute approximate surface area is 235 Å². The zero-order valence-electron chi connectivity index (χ0n) is 19.6. The van der Waals surface area contributed by atoms with Gasteiger partial charge in [-0.25, -0.2) is 0 Å². The first-order valence-corrected chi connectivity index (χ1v) is 10.5. The number of amides is 2. The smallest absolute Gasteiger partial charge is 0.523 e. The van der Waals surface area contributed by atoms with Gasteiger partial charge >= 0.3 is 37.3 Å². The van der Waals surface area contributed by atoms with Crippen LogP contribution < -0.4 is 15.0 Å². The van der Waals surface area contributed by atoms with Crippen LogP contribution in [-0.4, -0.2) is 35.2 Å². The third kappa shape index (κ3) is 5.90. The van der Waals surface area contributed by atoms with Gasteiger partial charge in [0.1, 0.15) is 0 Å². The Balaban J connectivity index is 0.00000228. The maximum atomic E-state index is 13.5. The van der Waals surface area contributed by atoms with Crippen LogP contribution in [0.25, 0.3) is 0 Å². The Morgan fingerprint density at radius 3 is 2.58 bits per heavy atom. The molecule has 0 bridgehead atoms. The van der Waals surface area contributed by atoms with E-state index in [4.69, 9.17) is 16.3 Å². The van der Waals surface area contributed by atoms with Gasteiger partial charge in [-0.3, -0.25) is 14.3 Å². The number of hydrogen-bond acceptors (Lipinski definition) is 4. The van der Waals surface area contributed by atoms with E-state index < -0.39 is 29.3 Å². The second kappa shape index (κ2) is 11.7. The van der Waals surface area contributed by atoms with Crippen LogP contribution in [0, 0.1) is 44.6 Å². The summed E-state index contributed by atoms with van der Waals surface area (Å²) in [5, 5.41) is 6.73. The van der Waals surface area contributed by atoms with Gasteiger partial charge in [0, 0.05) is 24.4 Å². The molecule has 1 aromatic heterocycles. The van der Waals surface area contributed by atoms with Crippen LogP contribution in [0.2, 0.25) is 5.02 Å². The molecule has 0 radical (unpaired) electrons. The van der Waals surface area contributed by atoms with Crippen molar-refractivity contribution in [3.8, 4) is 5.75 Å². The molecule has 188 valence electrons. The molecular formula is C24H22ClF3N4O3U. The summed E-state index contributed by atoms with van der Waals surface area (Å²) in [5.74, 6) is -0.707. The van der Waals surface area contributed by atoms with Crippen molar-refractivity contribution in [1.82, 2.24) is 15.1 Å². The first-order chi connectivity index (χ1) is 16.1. The van der Waals surface area contributed by atoms with Crippen molar-refractivity contribution in [2.75, 3.05) is 18.6 Å². The summed E-state index contributed by atoms with van der Waals surface area (Å²) in [6, 6.07) is 9.95. The summed E-state index contributed by atoms with van der Waals surface area (Å²) in [6.45, 7) is 0.223. The van der Waals surface area contributed by atoms with Crippen LogP contribution in [0.1, 0.15) is 44.4 Å². The first-order valence-electron chi connectivity index (χ1n) is 10.2. The standard InChI is InChI=1S/C23H19ClF3N4O3.CH3.U/c1-30-20-18(29-21(32)16-8-5-14(24)11-17(16)23(25,26)27)9-10-31(19(20)12-28-30)22(33)13-3-6-15(34-2)7-4-13;;/h3-6,8,11-12,18H,9-10H2,1-2H3,(H,29,32);1H3;/q2*-1;+2. The third-order valence-electron chi connectivity index (χ3n) is 5.56.